The minimum absolute atomic E-state index is 0.0681. The maximum atomic E-state index is 12.9. The van der Waals surface area contributed by atoms with Crippen LogP contribution >= 0.6 is 0 Å². The van der Waals surface area contributed by atoms with Gasteiger partial charge in [-0.05, 0) is 60.1 Å². The van der Waals surface area contributed by atoms with E-state index >= 15 is 0 Å². The number of aryl methyl sites for hydroxylation is 1. The highest BCUT2D eigenvalue weighted by Crippen LogP contribution is 2.50. The van der Waals surface area contributed by atoms with Crippen LogP contribution in [-0.4, -0.2) is 33.1 Å². The number of amides is 2. The Labute approximate surface area is 223 Å². The van der Waals surface area contributed by atoms with Gasteiger partial charge >= 0.3 is 18.0 Å². The number of nitrogens with one attached hydrogen (secondary N) is 2. The average molecular weight is 542 g/mol. The van der Waals surface area contributed by atoms with E-state index in [-0.39, 0.29) is 29.6 Å². The SMILES string of the molecule is CC(C)(C)c1noc(C(=O)NC2CCCCc3cc(-c4ccnc(NC(=O)[C@@H]5C[C@@H]5C(F)(F)F)c4)ccc32)n1. The Kier molecular flexibility index (Phi) is 6.94. The molecule has 1 unspecified atom stereocenters. The Hall–Kier alpha value is -3.76. The quantitative estimate of drug-likeness (QED) is 0.397. The molecule has 0 spiro atoms. The largest absolute Gasteiger partial charge is 0.392 e. The molecule has 5 rings (SSSR count). The van der Waals surface area contributed by atoms with E-state index in [1.165, 1.54) is 6.20 Å². The molecule has 2 aliphatic carbocycles. The van der Waals surface area contributed by atoms with E-state index in [1.54, 1.807) is 12.1 Å². The van der Waals surface area contributed by atoms with Crippen LogP contribution in [-0.2, 0) is 16.6 Å². The van der Waals surface area contributed by atoms with Crippen molar-refractivity contribution in [2.45, 2.75) is 70.5 Å². The highest BCUT2D eigenvalue weighted by atomic mass is 19.4. The fourth-order valence-electron chi connectivity index (χ4n) is 4.90. The average Bonchev–Trinajstić information content (AvgIpc) is 3.58. The van der Waals surface area contributed by atoms with Crippen LogP contribution < -0.4 is 10.6 Å². The highest BCUT2D eigenvalue weighted by Gasteiger charge is 2.58. The summed E-state index contributed by atoms with van der Waals surface area (Å²) in [5.41, 5.74) is 3.41. The fourth-order valence-corrected chi connectivity index (χ4v) is 4.90. The molecule has 1 aromatic carbocycles. The van der Waals surface area contributed by atoms with E-state index in [1.807, 2.05) is 39.0 Å². The molecule has 0 saturated heterocycles. The zero-order valence-electron chi connectivity index (χ0n) is 21.9. The first kappa shape index (κ1) is 26.8. The van der Waals surface area contributed by atoms with Gasteiger partial charge in [0.15, 0.2) is 5.82 Å². The van der Waals surface area contributed by atoms with Gasteiger partial charge in [-0.3, -0.25) is 9.59 Å². The van der Waals surface area contributed by atoms with E-state index in [4.69, 9.17) is 4.52 Å². The van der Waals surface area contributed by atoms with Gasteiger partial charge in [0.1, 0.15) is 5.82 Å². The number of carbonyl (C=O) groups excluding carboxylic acids is 2. The van der Waals surface area contributed by atoms with E-state index in [0.717, 1.165) is 47.9 Å². The van der Waals surface area contributed by atoms with Crippen LogP contribution in [0.2, 0.25) is 0 Å². The van der Waals surface area contributed by atoms with Gasteiger partial charge in [-0.2, -0.15) is 18.2 Å². The van der Waals surface area contributed by atoms with Crippen molar-refractivity contribution in [3.8, 4) is 11.1 Å². The van der Waals surface area contributed by atoms with E-state index in [2.05, 4.69) is 25.8 Å². The van der Waals surface area contributed by atoms with Crippen molar-refractivity contribution in [3.63, 3.8) is 0 Å². The third-order valence-electron chi connectivity index (χ3n) is 7.20. The van der Waals surface area contributed by atoms with Crippen molar-refractivity contribution in [2.24, 2.45) is 11.8 Å². The number of halogens is 3. The number of alkyl halides is 3. The lowest BCUT2D eigenvalue weighted by molar-refractivity contribution is -0.153. The van der Waals surface area contributed by atoms with E-state index in [9.17, 15) is 22.8 Å². The van der Waals surface area contributed by atoms with Gasteiger partial charge in [-0.25, -0.2) is 4.98 Å². The summed E-state index contributed by atoms with van der Waals surface area (Å²) in [5, 5.41) is 9.50. The van der Waals surface area contributed by atoms with Gasteiger partial charge in [0.05, 0.1) is 17.9 Å². The fraction of sp³-hybridized carbons (Fsp3) is 0.464. The molecule has 2 aliphatic rings. The van der Waals surface area contributed by atoms with Crippen molar-refractivity contribution in [3.05, 3.63) is 59.4 Å². The molecule has 206 valence electrons. The van der Waals surface area contributed by atoms with Crippen LogP contribution in [0.5, 0.6) is 0 Å². The minimum atomic E-state index is -4.36. The lowest BCUT2D eigenvalue weighted by atomic mass is 9.94. The van der Waals surface area contributed by atoms with Crippen LogP contribution in [0.3, 0.4) is 0 Å². The molecule has 1 fully saturated rings. The summed E-state index contributed by atoms with van der Waals surface area (Å²) in [6.45, 7) is 5.82. The first-order valence-corrected chi connectivity index (χ1v) is 13.0. The number of anilines is 1. The summed E-state index contributed by atoms with van der Waals surface area (Å²) < 4.78 is 43.7. The van der Waals surface area contributed by atoms with Crippen molar-refractivity contribution in [2.75, 3.05) is 5.32 Å². The maximum Gasteiger partial charge on any atom is 0.392 e. The summed E-state index contributed by atoms with van der Waals surface area (Å²) in [7, 11) is 0. The first-order valence-electron chi connectivity index (χ1n) is 13.0. The summed E-state index contributed by atoms with van der Waals surface area (Å²) in [6, 6.07) is 9.17. The molecule has 11 heteroatoms. The molecular weight excluding hydrogens is 511 g/mol. The molecule has 8 nitrogen and oxygen atoms in total. The van der Waals surface area contributed by atoms with E-state index < -0.39 is 29.8 Å². The van der Waals surface area contributed by atoms with Crippen molar-refractivity contribution >= 4 is 17.6 Å². The van der Waals surface area contributed by atoms with Crippen LogP contribution in [0, 0.1) is 11.8 Å². The number of aromatic nitrogens is 3. The summed E-state index contributed by atoms with van der Waals surface area (Å²) in [6.07, 6.45) is 0.445. The monoisotopic (exact) mass is 541 g/mol. The predicted molar refractivity (Wildman–Crippen MR) is 137 cm³/mol. The van der Waals surface area contributed by atoms with Crippen molar-refractivity contribution in [1.82, 2.24) is 20.4 Å². The number of rotatable bonds is 5. The standard InChI is InChI=1S/C28H30F3N5O3/c1-27(2,3)26-35-25(39-36-26)24(38)33-21-7-5-4-6-17-12-15(8-9-18(17)21)16-10-11-32-22(13-16)34-23(37)19-14-20(19)28(29,30)31/h8-13,19-21H,4-7,14H2,1-3H3,(H,33,38)(H,32,34,37)/t19-,20+,21?/m1/s1. The molecular formula is C28H30F3N5O3. The third-order valence-corrected chi connectivity index (χ3v) is 7.20. The number of hydrogen-bond acceptors (Lipinski definition) is 6. The Morgan fingerprint density at radius 3 is 2.51 bits per heavy atom. The lowest BCUT2D eigenvalue weighted by Gasteiger charge is -2.19. The van der Waals surface area contributed by atoms with Crippen LogP contribution in [0.4, 0.5) is 19.0 Å². The van der Waals surface area contributed by atoms with Gasteiger partial charge < -0.3 is 15.2 Å². The number of nitrogens with zero attached hydrogens (tertiary/aromatic N) is 3. The Morgan fingerprint density at radius 2 is 1.82 bits per heavy atom. The highest BCUT2D eigenvalue weighted by molar-refractivity contribution is 5.94. The van der Waals surface area contributed by atoms with Crippen LogP contribution in [0.1, 0.15) is 80.1 Å². The molecule has 3 atom stereocenters. The molecule has 1 saturated carbocycles. The number of fused-ring (bicyclic) bond motifs is 1. The van der Waals surface area contributed by atoms with Gasteiger partial charge in [-0.1, -0.05) is 50.5 Å². The molecule has 2 N–H and O–H groups in total. The molecule has 2 aromatic heterocycles. The molecule has 0 aliphatic heterocycles. The maximum absolute atomic E-state index is 12.9. The number of pyridine rings is 1. The second kappa shape index (κ2) is 10.1. The summed E-state index contributed by atoms with van der Waals surface area (Å²) in [4.78, 5) is 33.6. The zero-order valence-corrected chi connectivity index (χ0v) is 21.9. The predicted octanol–water partition coefficient (Wildman–Crippen LogP) is 5.76. The number of carbonyl (C=O) groups is 2. The molecule has 2 heterocycles. The first-order chi connectivity index (χ1) is 18.4. The lowest BCUT2D eigenvalue weighted by Crippen LogP contribution is -2.29. The smallest absolute Gasteiger partial charge is 0.341 e. The number of benzene rings is 1. The van der Waals surface area contributed by atoms with E-state index in [0.29, 0.717) is 5.82 Å². The minimum Gasteiger partial charge on any atom is -0.341 e. The normalized spacial score (nSPS) is 21.0. The van der Waals surface area contributed by atoms with Gasteiger partial charge in [-0.15, -0.1) is 0 Å². The zero-order chi connectivity index (χ0) is 27.9. The van der Waals surface area contributed by atoms with Crippen molar-refractivity contribution < 1.29 is 27.3 Å². The van der Waals surface area contributed by atoms with Gasteiger partial charge in [0, 0.05) is 11.6 Å². The van der Waals surface area contributed by atoms with Crippen LogP contribution in [0.15, 0.2) is 41.1 Å². The number of hydrogen-bond donors (Lipinski definition) is 2. The topological polar surface area (TPSA) is 110 Å². The Morgan fingerprint density at radius 1 is 1.05 bits per heavy atom. The van der Waals surface area contributed by atoms with Crippen molar-refractivity contribution in [1.29, 1.82) is 0 Å². The Balaban J connectivity index is 1.31. The molecule has 2 amide bonds. The second-order valence-corrected chi connectivity index (χ2v) is 11.3. The Bertz CT molecular complexity index is 1400. The van der Waals surface area contributed by atoms with Gasteiger partial charge in [0.2, 0.25) is 5.91 Å². The molecule has 0 bridgehead atoms. The molecule has 39 heavy (non-hydrogen) atoms. The molecule has 0 radical (unpaired) electrons. The third kappa shape index (κ3) is 5.97. The summed E-state index contributed by atoms with van der Waals surface area (Å²) in [5.74, 6) is -3.14. The molecule has 3 aromatic rings. The van der Waals surface area contributed by atoms with Gasteiger partial charge in [0.25, 0.3) is 0 Å². The second-order valence-electron chi connectivity index (χ2n) is 11.3. The summed E-state index contributed by atoms with van der Waals surface area (Å²) >= 11 is 0. The van der Waals surface area contributed by atoms with Crippen LogP contribution in [0.25, 0.3) is 11.1 Å².